The van der Waals surface area contributed by atoms with Gasteiger partial charge in [-0.1, -0.05) is 19.8 Å². The van der Waals surface area contributed by atoms with Crippen molar-refractivity contribution in [2.75, 3.05) is 13.1 Å². The molecule has 3 N–H and O–H groups in total. The lowest BCUT2D eigenvalue weighted by Crippen LogP contribution is -2.38. The molecule has 2 aliphatic rings. The number of nitrogens with two attached hydrogens (primary N) is 1. The zero-order valence-electron chi connectivity index (χ0n) is 11.4. The lowest BCUT2D eigenvalue weighted by Gasteiger charge is -2.27. The molecule has 2 unspecified atom stereocenters. The summed E-state index contributed by atoms with van der Waals surface area (Å²) in [6, 6.07) is 0. The highest BCUT2D eigenvalue weighted by Gasteiger charge is 2.30. The van der Waals surface area contributed by atoms with Gasteiger partial charge < -0.3 is 15.8 Å². The summed E-state index contributed by atoms with van der Waals surface area (Å²) >= 11 is 0. The number of ether oxygens (including phenoxy) is 1. The Morgan fingerprint density at radius 2 is 2.17 bits per heavy atom. The van der Waals surface area contributed by atoms with E-state index in [0.717, 1.165) is 25.3 Å². The summed E-state index contributed by atoms with van der Waals surface area (Å²) in [6.45, 7) is 3.64. The van der Waals surface area contributed by atoms with Gasteiger partial charge in [-0.15, -0.1) is 0 Å². The summed E-state index contributed by atoms with van der Waals surface area (Å²) in [6.07, 6.45) is 6.68. The Labute approximate surface area is 110 Å². The number of rotatable bonds is 4. The van der Waals surface area contributed by atoms with E-state index in [4.69, 9.17) is 10.5 Å². The standard InChI is InChI=1S/C14H26N2O2/c1-10-3-2-4-11(7-10)9-16-14(17)13-6-5-12(8-15)18-13/h10-13H,2-9,15H2,1H3,(H,16,17)/t10?,11?,12-,13+/m1/s1. The zero-order valence-corrected chi connectivity index (χ0v) is 11.4. The third-order valence-electron chi connectivity index (χ3n) is 4.27. The van der Waals surface area contributed by atoms with Crippen molar-refractivity contribution in [3.63, 3.8) is 0 Å². The van der Waals surface area contributed by atoms with Gasteiger partial charge in [-0.05, 0) is 37.5 Å². The molecule has 1 aliphatic carbocycles. The molecule has 4 heteroatoms. The topological polar surface area (TPSA) is 64.4 Å². The molecule has 0 spiro atoms. The molecule has 1 saturated carbocycles. The molecule has 0 bridgehead atoms. The average molecular weight is 254 g/mol. The number of hydrogen-bond acceptors (Lipinski definition) is 3. The maximum atomic E-state index is 12.0. The minimum atomic E-state index is -0.264. The van der Waals surface area contributed by atoms with Gasteiger partial charge in [-0.2, -0.15) is 0 Å². The van der Waals surface area contributed by atoms with Crippen LogP contribution >= 0.6 is 0 Å². The van der Waals surface area contributed by atoms with Crippen molar-refractivity contribution in [3.05, 3.63) is 0 Å². The van der Waals surface area contributed by atoms with Gasteiger partial charge in [0, 0.05) is 13.1 Å². The Balaban J connectivity index is 1.68. The molecule has 0 radical (unpaired) electrons. The van der Waals surface area contributed by atoms with Crippen LogP contribution in [0.3, 0.4) is 0 Å². The van der Waals surface area contributed by atoms with Crippen molar-refractivity contribution in [1.82, 2.24) is 5.32 Å². The summed E-state index contributed by atoms with van der Waals surface area (Å²) in [4.78, 5) is 12.0. The van der Waals surface area contributed by atoms with Crippen LogP contribution in [0.2, 0.25) is 0 Å². The maximum absolute atomic E-state index is 12.0. The predicted molar refractivity (Wildman–Crippen MR) is 71.1 cm³/mol. The minimum absolute atomic E-state index is 0.0594. The molecule has 1 aliphatic heterocycles. The predicted octanol–water partition coefficient (Wildman–Crippen LogP) is 1.44. The van der Waals surface area contributed by atoms with Crippen molar-refractivity contribution in [2.45, 2.75) is 57.7 Å². The Morgan fingerprint density at radius 3 is 2.83 bits per heavy atom. The van der Waals surface area contributed by atoms with Crippen molar-refractivity contribution in [2.24, 2.45) is 17.6 Å². The van der Waals surface area contributed by atoms with E-state index in [1.54, 1.807) is 0 Å². The van der Waals surface area contributed by atoms with E-state index in [1.165, 1.54) is 25.7 Å². The number of carbonyl (C=O) groups is 1. The second-order valence-electron chi connectivity index (χ2n) is 5.94. The van der Waals surface area contributed by atoms with E-state index in [0.29, 0.717) is 12.5 Å². The highest BCUT2D eigenvalue weighted by molar-refractivity contribution is 5.81. The number of amides is 1. The van der Waals surface area contributed by atoms with Crippen LogP contribution in [-0.4, -0.2) is 31.2 Å². The monoisotopic (exact) mass is 254 g/mol. The summed E-state index contributed by atoms with van der Waals surface area (Å²) in [7, 11) is 0. The summed E-state index contributed by atoms with van der Waals surface area (Å²) in [5.74, 6) is 1.53. The first-order valence-electron chi connectivity index (χ1n) is 7.32. The molecule has 1 amide bonds. The molecule has 1 heterocycles. The molecular formula is C14H26N2O2. The van der Waals surface area contributed by atoms with Crippen LogP contribution in [-0.2, 0) is 9.53 Å². The van der Waals surface area contributed by atoms with Gasteiger partial charge in [-0.25, -0.2) is 0 Å². The third-order valence-corrected chi connectivity index (χ3v) is 4.27. The van der Waals surface area contributed by atoms with Gasteiger partial charge in [0.2, 0.25) is 5.91 Å². The smallest absolute Gasteiger partial charge is 0.249 e. The van der Waals surface area contributed by atoms with E-state index in [-0.39, 0.29) is 18.1 Å². The average Bonchev–Trinajstić information content (AvgIpc) is 2.85. The minimum Gasteiger partial charge on any atom is -0.364 e. The Morgan fingerprint density at radius 1 is 1.33 bits per heavy atom. The number of nitrogens with one attached hydrogen (secondary N) is 1. The third kappa shape index (κ3) is 3.69. The van der Waals surface area contributed by atoms with Crippen molar-refractivity contribution in [3.8, 4) is 0 Å². The molecule has 104 valence electrons. The fourth-order valence-corrected chi connectivity index (χ4v) is 3.18. The Bertz CT molecular complexity index is 283. The van der Waals surface area contributed by atoms with Crippen LogP contribution in [0.25, 0.3) is 0 Å². The lowest BCUT2D eigenvalue weighted by molar-refractivity contribution is -0.132. The van der Waals surface area contributed by atoms with Crippen LogP contribution in [0.1, 0.15) is 45.4 Å². The Kier molecular flexibility index (Phi) is 5.01. The van der Waals surface area contributed by atoms with Gasteiger partial charge in [0.15, 0.2) is 0 Å². The molecule has 18 heavy (non-hydrogen) atoms. The summed E-state index contributed by atoms with van der Waals surface area (Å²) in [5, 5.41) is 3.05. The van der Waals surface area contributed by atoms with Crippen LogP contribution in [0.15, 0.2) is 0 Å². The normalized spacial score (nSPS) is 36.6. The zero-order chi connectivity index (χ0) is 13.0. The maximum Gasteiger partial charge on any atom is 0.249 e. The lowest BCUT2D eigenvalue weighted by atomic mass is 9.82. The molecule has 2 rings (SSSR count). The number of hydrogen-bond donors (Lipinski definition) is 2. The molecule has 2 fully saturated rings. The van der Waals surface area contributed by atoms with Gasteiger partial charge in [0.25, 0.3) is 0 Å². The van der Waals surface area contributed by atoms with E-state index in [2.05, 4.69) is 12.2 Å². The largest absolute Gasteiger partial charge is 0.364 e. The highest BCUT2D eigenvalue weighted by atomic mass is 16.5. The van der Waals surface area contributed by atoms with Crippen molar-refractivity contribution >= 4 is 5.91 Å². The van der Waals surface area contributed by atoms with Gasteiger partial charge in [0.05, 0.1) is 6.10 Å². The molecular weight excluding hydrogens is 228 g/mol. The van der Waals surface area contributed by atoms with E-state index < -0.39 is 0 Å². The van der Waals surface area contributed by atoms with Crippen LogP contribution in [0, 0.1) is 11.8 Å². The van der Waals surface area contributed by atoms with Crippen molar-refractivity contribution < 1.29 is 9.53 Å². The quantitative estimate of drug-likeness (QED) is 0.798. The molecule has 4 nitrogen and oxygen atoms in total. The molecule has 0 aromatic rings. The van der Waals surface area contributed by atoms with E-state index in [9.17, 15) is 4.79 Å². The fraction of sp³-hybridized carbons (Fsp3) is 0.929. The van der Waals surface area contributed by atoms with Gasteiger partial charge in [0.1, 0.15) is 6.10 Å². The van der Waals surface area contributed by atoms with Crippen LogP contribution in [0.4, 0.5) is 0 Å². The molecule has 0 aromatic heterocycles. The van der Waals surface area contributed by atoms with Gasteiger partial charge >= 0.3 is 0 Å². The first kappa shape index (κ1) is 13.8. The first-order valence-corrected chi connectivity index (χ1v) is 7.32. The molecule has 1 saturated heterocycles. The van der Waals surface area contributed by atoms with Crippen molar-refractivity contribution in [1.29, 1.82) is 0 Å². The second-order valence-corrected chi connectivity index (χ2v) is 5.94. The highest BCUT2D eigenvalue weighted by Crippen LogP contribution is 2.28. The van der Waals surface area contributed by atoms with E-state index in [1.807, 2.05) is 0 Å². The molecule has 4 atom stereocenters. The van der Waals surface area contributed by atoms with Crippen LogP contribution < -0.4 is 11.1 Å². The SMILES string of the molecule is CC1CCCC(CNC(=O)[C@@H]2CC[C@H](CN)O2)C1. The summed E-state index contributed by atoms with van der Waals surface area (Å²) in [5.41, 5.74) is 5.55. The van der Waals surface area contributed by atoms with Crippen LogP contribution in [0.5, 0.6) is 0 Å². The number of carbonyl (C=O) groups excluding carboxylic acids is 1. The second kappa shape index (κ2) is 6.53. The van der Waals surface area contributed by atoms with E-state index >= 15 is 0 Å². The van der Waals surface area contributed by atoms with Gasteiger partial charge in [-0.3, -0.25) is 4.79 Å². The fourth-order valence-electron chi connectivity index (χ4n) is 3.18. The molecule has 0 aromatic carbocycles. The first-order chi connectivity index (χ1) is 8.69. The Hall–Kier alpha value is -0.610. The summed E-state index contributed by atoms with van der Waals surface area (Å²) < 4.78 is 5.60.